The Bertz CT molecular complexity index is 698. The zero-order valence-corrected chi connectivity index (χ0v) is 13.3. The lowest BCUT2D eigenvalue weighted by molar-refractivity contribution is 0.437. The molecular formula is C20H21FN2. The van der Waals surface area contributed by atoms with Crippen molar-refractivity contribution in [3.8, 4) is 6.07 Å². The van der Waals surface area contributed by atoms with Crippen molar-refractivity contribution in [2.75, 3.05) is 6.67 Å². The molecule has 0 saturated carbocycles. The molecule has 0 fully saturated rings. The number of aryl methyl sites for hydroxylation is 1. The van der Waals surface area contributed by atoms with Crippen molar-refractivity contribution in [2.45, 2.75) is 26.2 Å². The number of hydrogen-bond donors (Lipinski definition) is 1. The third kappa shape index (κ3) is 4.50. The van der Waals surface area contributed by atoms with Crippen LogP contribution in [0.3, 0.4) is 0 Å². The largest absolute Gasteiger partial charge is 0.304 e. The molecule has 2 nitrogen and oxygen atoms in total. The van der Waals surface area contributed by atoms with Gasteiger partial charge in [-0.25, -0.2) is 0 Å². The van der Waals surface area contributed by atoms with Crippen LogP contribution in [0.4, 0.5) is 4.39 Å². The number of hydrogen-bond acceptors (Lipinski definition) is 2. The molecule has 2 rings (SSSR count). The van der Waals surface area contributed by atoms with Crippen LogP contribution in [0.25, 0.3) is 0 Å². The Kier molecular flexibility index (Phi) is 6.05. The van der Waals surface area contributed by atoms with Crippen LogP contribution in [0.15, 0.2) is 48.5 Å². The van der Waals surface area contributed by atoms with Gasteiger partial charge in [0.25, 0.3) is 0 Å². The molecule has 0 amide bonds. The van der Waals surface area contributed by atoms with Crippen molar-refractivity contribution in [3.63, 3.8) is 0 Å². The van der Waals surface area contributed by atoms with Crippen LogP contribution in [0, 0.1) is 29.6 Å². The van der Waals surface area contributed by atoms with Gasteiger partial charge in [0.15, 0.2) is 0 Å². The van der Waals surface area contributed by atoms with Crippen molar-refractivity contribution in [1.29, 1.82) is 10.7 Å². The molecular weight excluding hydrogens is 287 g/mol. The highest BCUT2D eigenvalue weighted by Crippen LogP contribution is 2.19. The van der Waals surface area contributed by atoms with Gasteiger partial charge in [0.05, 0.1) is 12.7 Å². The molecule has 2 aromatic carbocycles. The maximum absolute atomic E-state index is 12.6. The summed E-state index contributed by atoms with van der Waals surface area (Å²) in [4.78, 5) is 0. The highest BCUT2D eigenvalue weighted by molar-refractivity contribution is 6.00. The van der Waals surface area contributed by atoms with Crippen molar-refractivity contribution in [1.82, 2.24) is 0 Å². The van der Waals surface area contributed by atoms with Gasteiger partial charge >= 0.3 is 0 Å². The highest BCUT2D eigenvalue weighted by atomic mass is 19.1. The Morgan fingerprint density at radius 2 is 1.87 bits per heavy atom. The van der Waals surface area contributed by atoms with Crippen molar-refractivity contribution < 1.29 is 4.39 Å². The van der Waals surface area contributed by atoms with Crippen LogP contribution < -0.4 is 0 Å². The maximum Gasteiger partial charge on any atom is 0.0901 e. The topological polar surface area (TPSA) is 47.6 Å². The quantitative estimate of drug-likeness (QED) is 0.731. The Morgan fingerprint density at radius 3 is 2.48 bits per heavy atom. The van der Waals surface area contributed by atoms with E-state index in [2.05, 4.69) is 19.1 Å². The molecule has 0 aliphatic carbocycles. The lowest BCUT2D eigenvalue weighted by atomic mass is 9.91. The Balaban J connectivity index is 2.11. The van der Waals surface area contributed by atoms with Gasteiger partial charge in [0, 0.05) is 18.1 Å². The van der Waals surface area contributed by atoms with E-state index in [0.29, 0.717) is 5.71 Å². The average molecular weight is 308 g/mol. The summed E-state index contributed by atoms with van der Waals surface area (Å²) in [6.07, 6.45) is 1.28. The molecule has 0 radical (unpaired) electrons. The predicted molar refractivity (Wildman–Crippen MR) is 91.6 cm³/mol. The molecule has 0 spiro atoms. The monoisotopic (exact) mass is 308 g/mol. The maximum atomic E-state index is 12.6. The van der Waals surface area contributed by atoms with Gasteiger partial charge < -0.3 is 5.41 Å². The number of nitrogens with one attached hydrogen (secondary N) is 1. The third-order valence-electron chi connectivity index (χ3n) is 4.12. The molecule has 1 N–H and O–H groups in total. The summed E-state index contributed by atoms with van der Waals surface area (Å²) in [6.45, 7) is 1.60. The van der Waals surface area contributed by atoms with E-state index in [1.807, 2.05) is 42.5 Å². The molecule has 2 aromatic rings. The minimum Gasteiger partial charge on any atom is -0.304 e. The summed E-state index contributed by atoms with van der Waals surface area (Å²) in [5.74, 6) is -0.327. The standard InChI is InChI=1S/C20H21FN2/c1-15-4-2-3-5-19(15)14-16-6-8-17(9-7-16)20(23)18(10-12-21)11-13-22/h2-9,18,23H,10-12,14H2,1H3. The van der Waals surface area contributed by atoms with Gasteiger partial charge in [0.1, 0.15) is 0 Å². The van der Waals surface area contributed by atoms with Crippen LogP contribution in [0.5, 0.6) is 0 Å². The van der Waals surface area contributed by atoms with Crippen molar-refractivity contribution >= 4 is 5.71 Å². The number of halogens is 1. The fourth-order valence-electron chi connectivity index (χ4n) is 2.66. The van der Waals surface area contributed by atoms with E-state index in [1.54, 1.807) is 0 Å². The molecule has 23 heavy (non-hydrogen) atoms. The van der Waals surface area contributed by atoms with Crippen LogP contribution in [0.1, 0.15) is 35.1 Å². The first-order chi connectivity index (χ1) is 11.2. The smallest absolute Gasteiger partial charge is 0.0901 e. The Hall–Kier alpha value is -2.47. The SMILES string of the molecule is Cc1ccccc1Cc1ccc(C(=N)C(CC#N)CCF)cc1. The molecule has 0 aliphatic rings. The molecule has 0 bridgehead atoms. The van der Waals surface area contributed by atoms with Gasteiger partial charge in [-0.3, -0.25) is 4.39 Å². The van der Waals surface area contributed by atoms with Gasteiger partial charge in [-0.05, 0) is 42.0 Å². The highest BCUT2D eigenvalue weighted by Gasteiger charge is 2.16. The predicted octanol–water partition coefficient (Wildman–Crippen LogP) is 4.84. The lowest BCUT2D eigenvalue weighted by Gasteiger charge is -2.14. The van der Waals surface area contributed by atoms with Crippen LogP contribution in [-0.4, -0.2) is 12.4 Å². The first-order valence-electron chi connectivity index (χ1n) is 7.81. The van der Waals surface area contributed by atoms with E-state index in [-0.39, 0.29) is 18.8 Å². The van der Waals surface area contributed by atoms with E-state index in [4.69, 9.17) is 10.7 Å². The summed E-state index contributed by atoms with van der Waals surface area (Å²) in [6, 6.07) is 18.2. The van der Waals surface area contributed by atoms with Gasteiger partial charge in [-0.1, -0.05) is 48.5 Å². The summed E-state index contributed by atoms with van der Waals surface area (Å²) >= 11 is 0. The zero-order chi connectivity index (χ0) is 16.7. The van der Waals surface area contributed by atoms with E-state index < -0.39 is 6.67 Å². The first kappa shape index (κ1) is 16.9. The second-order valence-electron chi connectivity index (χ2n) is 5.75. The first-order valence-corrected chi connectivity index (χ1v) is 7.81. The van der Waals surface area contributed by atoms with E-state index in [1.165, 1.54) is 16.7 Å². The molecule has 0 heterocycles. The molecule has 3 heteroatoms. The molecule has 1 unspecified atom stereocenters. The minimum atomic E-state index is -0.500. The van der Waals surface area contributed by atoms with Gasteiger partial charge in [0.2, 0.25) is 0 Å². The summed E-state index contributed by atoms with van der Waals surface area (Å²) in [5.41, 5.74) is 4.86. The molecule has 0 aliphatic heterocycles. The van der Waals surface area contributed by atoms with Crippen LogP contribution >= 0.6 is 0 Å². The fourth-order valence-corrected chi connectivity index (χ4v) is 2.66. The van der Waals surface area contributed by atoms with Crippen molar-refractivity contribution in [2.24, 2.45) is 5.92 Å². The molecule has 1 atom stereocenters. The molecule has 118 valence electrons. The Morgan fingerprint density at radius 1 is 1.17 bits per heavy atom. The molecule has 0 aromatic heterocycles. The Labute approximate surface area is 137 Å². The summed E-state index contributed by atoms with van der Waals surface area (Å²) in [7, 11) is 0. The average Bonchev–Trinajstić information content (AvgIpc) is 2.57. The van der Waals surface area contributed by atoms with Crippen molar-refractivity contribution in [3.05, 3.63) is 70.8 Å². The van der Waals surface area contributed by atoms with E-state index in [0.717, 1.165) is 12.0 Å². The number of benzene rings is 2. The second kappa shape index (κ2) is 8.24. The fraction of sp³-hybridized carbons (Fsp3) is 0.300. The summed E-state index contributed by atoms with van der Waals surface area (Å²) < 4.78 is 12.6. The van der Waals surface area contributed by atoms with Crippen LogP contribution in [-0.2, 0) is 6.42 Å². The number of rotatable bonds is 7. The van der Waals surface area contributed by atoms with E-state index >= 15 is 0 Å². The number of nitrogens with zero attached hydrogens (tertiary/aromatic N) is 1. The second-order valence-corrected chi connectivity index (χ2v) is 5.75. The van der Waals surface area contributed by atoms with Gasteiger partial charge in [-0.2, -0.15) is 5.26 Å². The summed E-state index contributed by atoms with van der Waals surface area (Å²) in [5, 5.41) is 17.0. The third-order valence-corrected chi connectivity index (χ3v) is 4.12. The van der Waals surface area contributed by atoms with Crippen LogP contribution in [0.2, 0.25) is 0 Å². The number of nitriles is 1. The minimum absolute atomic E-state index is 0.188. The van der Waals surface area contributed by atoms with E-state index in [9.17, 15) is 4.39 Å². The zero-order valence-electron chi connectivity index (χ0n) is 13.3. The number of alkyl halides is 1. The van der Waals surface area contributed by atoms with Gasteiger partial charge in [-0.15, -0.1) is 0 Å². The normalized spacial score (nSPS) is 11.7. The molecule has 0 saturated heterocycles. The lowest BCUT2D eigenvalue weighted by Crippen LogP contribution is -2.15.